The van der Waals surface area contributed by atoms with Gasteiger partial charge in [-0.05, 0) is 42.9 Å². The van der Waals surface area contributed by atoms with Crippen LogP contribution in [0.2, 0.25) is 0 Å². The van der Waals surface area contributed by atoms with Gasteiger partial charge in [-0.2, -0.15) is 0 Å². The summed E-state index contributed by atoms with van der Waals surface area (Å²) in [5.41, 5.74) is 7.96. The van der Waals surface area contributed by atoms with Gasteiger partial charge >= 0.3 is 5.97 Å². The van der Waals surface area contributed by atoms with Gasteiger partial charge in [0, 0.05) is 5.56 Å². The zero-order chi connectivity index (χ0) is 34.9. The minimum atomic E-state index is -0.920. The minimum absolute atomic E-state index is 0.341. The van der Waals surface area contributed by atoms with Crippen LogP contribution < -0.4 is 5.73 Å². The largest absolute Gasteiger partial charge is 0.478 e. The highest BCUT2D eigenvalue weighted by Gasteiger charge is 2.21. The van der Waals surface area contributed by atoms with Gasteiger partial charge in [-0.15, -0.1) is 0 Å². The first-order valence-electron chi connectivity index (χ1n) is 21.2. The van der Waals surface area contributed by atoms with Crippen molar-refractivity contribution in [2.45, 2.75) is 232 Å². The summed E-state index contributed by atoms with van der Waals surface area (Å²) in [7, 11) is 0. The number of benzene rings is 1. The monoisotopic (exact) mass is 670 g/mol. The number of carbonyl (C=O) groups excluding carboxylic acids is 1. The fourth-order valence-electron chi connectivity index (χ4n) is 7.38. The average Bonchev–Trinajstić information content (AvgIpc) is 3.07. The van der Waals surface area contributed by atoms with Crippen LogP contribution in [0, 0.1) is 0 Å². The van der Waals surface area contributed by atoms with E-state index in [1.165, 1.54) is 180 Å². The second-order valence-corrected chi connectivity index (χ2v) is 14.9. The molecule has 0 bridgehead atoms. The van der Waals surface area contributed by atoms with E-state index in [1.807, 2.05) is 6.07 Å². The summed E-state index contributed by atoms with van der Waals surface area (Å²) in [6, 6.07) is 3.62. The Kier molecular flexibility index (Phi) is 29.8. The van der Waals surface area contributed by atoms with Crippen LogP contribution in [-0.4, -0.2) is 17.0 Å². The molecule has 0 fully saturated rings. The van der Waals surface area contributed by atoms with Gasteiger partial charge in [0.05, 0.1) is 5.56 Å². The molecule has 1 aromatic rings. The molecule has 0 aliphatic heterocycles. The molecule has 4 nitrogen and oxygen atoms in total. The van der Waals surface area contributed by atoms with Gasteiger partial charge in [-0.3, -0.25) is 4.79 Å². The van der Waals surface area contributed by atoms with Crippen LogP contribution in [0.25, 0.3) is 0 Å². The Morgan fingerprint density at radius 2 is 0.750 bits per heavy atom. The quantitative estimate of drug-likeness (QED) is 0.0698. The van der Waals surface area contributed by atoms with Gasteiger partial charge in [0.1, 0.15) is 0 Å². The number of primary amides is 1. The number of carbonyl (C=O) groups is 2. The molecule has 0 heterocycles. The Labute approximate surface area is 298 Å². The summed E-state index contributed by atoms with van der Waals surface area (Å²) in [5, 5.41) is 10.2. The molecule has 1 amide bonds. The number of aromatic carboxylic acids is 1. The predicted octanol–water partition coefficient (Wildman–Crippen LogP) is 14.1. The molecule has 48 heavy (non-hydrogen) atoms. The van der Waals surface area contributed by atoms with Gasteiger partial charge in [-0.25, -0.2) is 4.79 Å². The van der Waals surface area contributed by atoms with E-state index >= 15 is 0 Å². The molecule has 4 heteroatoms. The number of amides is 1. The van der Waals surface area contributed by atoms with E-state index in [1.54, 1.807) is 6.07 Å². The van der Waals surface area contributed by atoms with Crippen LogP contribution in [0.15, 0.2) is 12.1 Å². The predicted molar refractivity (Wildman–Crippen MR) is 208 cm³/mol. The van der Waals surface area contributed by atoms with Crippen molar-refractivity contribution in [1.29, 1.82) is 0 Å². The molecular weight excluding hydrogens is 590 g/mol. The summed E-state index contributed by atoms with van der Waals surface area (Å²) in [5.74, 6) is -1.44. The number of nitrogens with two attached hydrogens (primary N) is 1. The first-order valence-corrected chi connectivity index (χ1v) is 21.2. The standard InChI is InChI=1S/C44H79NO3/c1-3-5-7-9-11-13-15-17-19-21-23-25-27-29-31-33-35-39-37-38-41(43(45)46)40(42(39)44(47)48)36-34-32-30-28-26-24-22-20-18-16-14-12-10-8-6-4-2/h37-38H,3-36H2,1-2H3,(H2,45,46)(H,47,48). The molecule has 0 unspecified atom stereocenters. The van der Waals surface area contributed by atoms with Gasteiger partial charge in [0.25, 0.3) is 0 Å². The van der Waals surface area contributed by atoms with Crippen LogP contribution in [0.3, 0.4) is 0 Å². The second kappa shape index (κ2) is 32.4. The van der Waals surface area contributed by atoms with Crippen LogP contribution >= 0.6 is 0 Å². The molecule has 0 saturated carbocycles. The van der Waals surface area contributed by atoms with Crippen LogP contribution in [0.4, 0.5) is 0 Å². The third-order valence-corrected chi connectivity index (χ3v) is 10.5. The Balaban J connectivity index is 2.24. The fourth-order valence-corrected chi connectivity index (χ4v) is 7.38. The Morgan fingerprint density at radius 1 is 0.458 bits per heavy atom. The molecule has 1 aromatic carbocycles. The van der Waals surface area contributed by atoms with E-state index < -0.39 is 11.9 Å². The summed E-state index contributed by atoms with van der Waals surface area (Å²) < 4.78 is 0. The van der Waals surface area contributed by atoms with Crippen molar-refractivity contribution in [2.24, 2.45) is 5.73 Å². The lowest BCUT2D eigenvalue weighted by molar-refractivity contribution is 0.0694. The molecule has 0 spiro atoms. The summed E-state index contributed by atoms with van der Waals surface area (Å²) >= 11 is 0. The maximum absolute atomic E-state index is 12.4. The SMILES string of the molecule is CCCCCCCCCCCCCCCCCCc1ccc(C(N)=O)c(CCCCCCCCCCCCCCCCCC)c1C(=O)O. The Morgan fingerprint density at radius 3 is 1.04 bits per heavy atom. The maximum Gasteiger partial charge on any atom is 0.336 e. The van der Waals surface area contributed by atoms with Crippen LogP contribution in [-0.2, 0) is 12.8 Å². The van der Waals surface area contributed by atoms with E-state index in [0.29, 0.717) is 23.1 Å². The molecule has 278 valence electrons. The number of rotatable bonds is 36. The Bertz CT molecular complexity index is 911. The van der Waals surface area contributed by atoms with E-state index in [2.05, 4.69) is 13.8 Å². The number of carboxylic acids is 1. The summed E-state index contributed by atoms with van der Waals surface area (Å²) in [6.07, 6.45) is 43.5. The normalized spacial score (nSPS) is 11.4. The van der Waals surface area contributed by atoms with Gasteiger partial charge < -0.3 is 10.8 Å². The van der Waals surface area contributed by atoms with Crippen LogP contribution in [0.1, 0.15) is 251 Å². The zero-order valence-electron chi connectivity index (χ0n) is 32.0. The molecule has 0 radical (unpaired) electrons. The summed E-state index contributed by atoms with van der Waals surface area (Å²) in [4.78, 5) is 24.6. The zero-order valence-corrected chi connectivity index (χ0v) is 32.0. The number of aryl methyl sites for hydroxylation is 1. The van der Waals surface area contributed by atoms with Crippen molar-refractivity contribution in [3.8, 4) is 0 Å². The summed E-state index contributed by atoms with van der Waals surface area (Å²) in [6.45, 7) is 4.56. The molecule has 0 aliphatic carbocycles. The van der Waals surface area contributed by atoms with E-state index in [0.717, 1.165) is 37.7 Å². The number of hydrogen-bond acceptors (Lipinski definition) is 2. The first kappa shape index (κ1) is 44.2. The lowest BCUT2D eigenvalue weighted by Gasteiger charge is -2.15. The molecule has 0 aliphatic rings. The molecule has 3 N–H and O–H groups in total. The number of unbranched alkanes of at least 4 members (excludes halogenated alkanes) is 30. The molecule has 0 atom stereocenters. The van der Waals surface area contributed by atoms with Crippen molar-refractivity contribution in [1.82, 2.24) is 0 Å². The van der Waals surface area contributed by atoms with Crippen molar-refractivity contribution in [2.75, 3.05) is 0 Å². The first-order chi connectivity index (χ1) is 23.5. The molecule has 0 saturated heterocycles. The highest BCUT2D eigenvalue weighted by molar-refractivity contribution is 6.00. The minimum Gasteiger partial charge on any atom is -0.478 e. The topological polar surface area (TPSA) is 80.4 Å². The van der Waals surface area contributed by atoms with Crippen molar-refractivity contribution >= 4 is 11.9 Å². The lowest BCUT2D eigenvalue weighted by atomic mass is 9.89. The van der Waals surface area contributed by atoms with Gasteiger partial charge in [-0.1, -0.05) is 213 Å². The van der Waals surface area contributed by atoms with E-state index in [-0.39, 0.29) is 0 Å². The van der Waals surface area contributed by atoms with E-state index in [9.17, 15) is 14.7 Å². The second-order valence-electron chi connectivity index (χ2n) is 14.9. The van der Waals surface area contributed by atoms with E-state index in [4.69, 9.17) is 5.73 Å². The highest BCUT2D eigenvalue weighted by Crippen LogP contribution is 2.25. The smallest absolute Gasteiger partial charge is 0.336 e. The number of carboxylic acid groups (broad SMARTS) is 1. The van der Waals surface area contributed by atoms with Crippen molar-refractivity contribution in [3.63, 3.8) is 0 Å². The highest BCUT2D eigenvalue weighted by atomic mass is 16.4. The van der Waals surface area contributed by atoms with Crippen molar-refractivity contribution in [3.05, 3.63) is 34.4 Å². The lowest BCUT2D eigenvalue weighted by Crippen LogP contribution is -2.18. The molecule has 1 rings (SSSR count). The van der Waals surface area contributed by atoms with Gasteiger partial charge in [0.15, 0.2) is 0 Å². The van der Waals surface area contributed by atoms with Crippen LogP contribution in [0.5, 0.6) is 0 Å². The van der Waals surface area contributed by atoms with Crippen molar-refractivity contribution < 1.29 is 14.7 Å². The molecular formula is C44H79NO3. The Hall–Kier alpha value is -1.84. The van der Waals surface area contributed by atoms with Gasteiger partial charge in [0.2, 0.25) is 5.91 Å². The third-order valence-electron chi connectivity index (χ3n) is 10.5. The fraction of sp³-hybridized carbons (Fsp3) is 0.818. The number of hydrogen-bond donors (Lipinski definition) is 2. The molecule has 0 aromatic heterocycles. The average molecular weight is 670 g/mol. The maximum atomic E-state index is 12.4. The third kappa shape index (κ3) is 23.5.